The van der Waals surface area contributed by atoms with Crippen molar-refractivity contribution in [2.24, 2.45) is 0 Å². The molecule has 1 fully saturated rings. The molecule has 0 radical (unpaired) electrons. The van der Waals surface area contributed by atoms with Crippen LogP contribution < -0.4 is 5.56 Å². The minimum absolute atomic E-state index is 0.0886. The maximum absolute atomic E-state index is 12.0. The van der Waals surface area contributed by atoms with E-state index < -0.39 is 0 Å². The van der Waals surface area contributed by atoms with Gasteiger partial charge in [0.1, 0.15) is 5.82 Å². The van der Waals surface area contributed by atoms with Gasteiger partial charge in [-0.05, 0) is 31.9 Å². The largest absolute Gasteiger partial charge is 0.310 e. The molecule has 0 bridgehead atoms. The fourth-order valence-corrected chi connectivity index (χ4v) is 2.12. The summed E-state index contributed by atoms with van der Waals surface area (Å²) < 4.78 is 0. The smallest absolute Gasteiger partial charge is 0.254 e. The molecule has 4 heteroatoms. The molecule has 1 heterocycles. The zero-order chi connectivity index (χ0) is 13.4. The Labute approximate surface area is 110 Å². The summed E-state index contributed by atoms with van der Waals surface area (Å²) in [6, 6.07) is 9.31. The molecule has 2 aromatic rings. The van der Waals surface area contributed by atoms with Gasteiger partial charge in [-0.15, -0.1) is 0 Å². The molecule has 0 amide bonds. The molecule has 1 N–H and O–H groups in total. The number of rotatable bonds is 2. The second-order valence-electron chi connectivity index (χ2n) is 4.89. The number of hydrogen-bond acceptors (Lipinski definition) is 3. The van der Waals surface area contributed by atoms with Crippen LogP contribution in [0.4, 0.5) is 0 Å². The van der Waals surface area contributed by atoms with Gasteiger partial charge in [0.15, 0.2) is 0 Å². The van der Waals surface area contributed by atoms with E-state index in [0.29, 0.717) is 22.7 Å². The molecule has 0 spiro atoms. The van der Waals surface area contributed by atoms with Crippen LogP contribution in [0.25, 0.3) is 11.3 Å². The van der Waals surface area contributed by atoms with E-state index in [1.807, 2.05) is 12.1 Å². The van der Waals surface area contributed by atoms with Crippen LogP contribution >= 0.6 is 0 Å². The second-order valence-corrected chi connectivity index (χ2v) is 4.89. The van der Waals surface area contributed by atoms with Crippen molar-refractivity contribution < 1.29 is 0 Å². The Morgan fingerprint density at radius 3 is 2.89 bits per heavy atom. The molecule has 94 valence electrons. The Balaban J connectivity index is 2.18. The van der Waals surface area contributed by atoms with Gasteiger partial charge in [0.25, 0.3) is 5.56 Å². The van der Waals surface area contributed by atoms with Gasteiger partial charge in [-0.1, -0.05) is 12.1 Å². The maximum atomic E-state index is 12.0. The summed E-state index contributed by atoms with van der Waals surface area (Å²) in [4.78, 5) is 19.4. The zero-order valence-corrected chi connectivity index (χ0v) is 10.6. The van der Waals surface area contributed by atoms with Gasteiger partial charge in [-0.3, -0.25) is 4.79 Å². The number of aromatic nitrogens is 2. The van der Waals surface area contributed by atoms with Crippen LogP contribution in [-0.4, -0.2) is 9.97 Å². The predicted octanol–water partition coefficient (Wildman–Crippen LogP) is 2.49. The lowest BCUT2D eigenvalue weighted by Crippen LogP contribution is -2.15. The van der Waals surface area contributed by atoms with E-state index in [1.54, 1.807) is 19.1 Å². The number of hydrogen-bond donors (Lipinski definition) is 1. The van der Waals surface area contributed by atoms with Crippen molar-refractivity contribution in [1.29, 1.82) is 5.26 Å². The lowest BCUT2D eigenvalue weighted by Gasteiger charge is -2.07. The Morgan fingerprint density at radius 2 is 2.21 bits per heavy atom. The fraction of sp³-hybridized carbons (Fsp3) is 0.267. The maximum Gasteiger partial charge on any atom is 0.254 e. The molecule has 0 saturated heterocycles. The molecule has 19 heavy (non-hydrogen) atoms. The van der Waals surface area contributed by atoms with E-state index in [9.17, 15) is 4.79 Å². The van der Waals surface area contributed by atoms with Crippen LogP contribution in [0.1, 0.15) is 35.7 Å². The van der Waals surface area contributed by atoms with Crippen molar-refractivity contribution in [3.63, 3.8) is 0 Å². The normalized spacial score (nSPS) is 14.1. The number of nitriles is 1. The van der Waals surface area contributed by atoms with Crippen LogP contribution in [-0.2, 0) is 0 Å². The number of nitrogens with zero attached hydrogens (tertiary/aromatic N) is 2. The molecule has 0 aliphatic heterocycles. The molecular formula is C15H13N3O. The van der Waals surface area contributed by atoms with E-state index in [1.165, 1.54) is 0 Å². The second kappa shape index (κ2) is 4.36. The molecule has 1 aliphatic rings. The van der Waals surface area contributed by atoms with Crippen molar-refractivity contribution in [3.8, 4) is 17.3 Å². The summed E-state index contributed by atoms with van der Waals surface area (Å²) in [6.07, 6.45) is 2.17. The van der Waals surface area contributed by atoms with Crippen LogP contribution in [0, 0.1) is 18.3 Å². The van der Waals surface area contributed by atoms with Gasteiger partial charge in [0.05, 0.1) is 17.3 Å². The summed E-state index contributed by atoms with van der Waals surface area (Å²) in [7, 11) is 0. The van der Waals surface area contributed by atoms with Gasteiger partial charge >= 0.3 is 0 Å². The Bertz CT molecular complexity index is 736. The molecule has 1 aromatic carbocycles. The molecular weight excluding hydrogens is 238 g/mol. The van der Waals surface area contributed by atoms with Gasteiger partial charge in [0, 0.05) is 17.0 Å². The fourth-order valence-electron chi connectivity index (χ4n) is 2.12. The van der Waals surface area contributed by atoms with Crippen LogP contribution in [0.3, 0.4) is 0 Å². The first kappa shape index (κ1) is 11.7. The third-order valence-electron chi connectivity index (χ3n) is 3.40. The zero-order valence-electron chi connectivity index (χ0n) is 10.6. The summed E-state index contributed by atoms with van der Waals surface area (Å²) in [5.41, 5.74) is 2.59. The quantitative estimate of drug-likeness (QED) is 0.891. The first-order chi connectivity index (χ1) is 9.19. The highest BCUT2D eigenvalue weighted by atomic mass is 16.1. The minimum atomic E-state index is -0.0886. The molecule has 1 aromatic heterocycles. The number of benzene rings is 1. The van der Waals surface area contributed by atoms with Gasteiger partial charge in [-0.2, -0.15) is 5.26 Å². The molecule has 4 nitrogen and oxygen atoms in total. The Morgan fingerprint density at radius 1 is 1.42 bits per heavy atom. The van der Waals surface area contributed by atoms with E-state index in [4.69, 9.17) is 5.26 Å². The van der Waals surface area contributed by atoms with Crippen molar-refractivity contribution >= 4 is 0 Å². The van der Waals surface area contributed by atoms with Crippen LogP contribution in [0.5, 0.6) is 0 Å². The first-order valence-electron chi connectivity index (χ1n) is 6.30. The third kappa shape index (κ3) is 2.15. The summed E-state index contributed by atoms with van der Waals surface area (Å²) in [6.45, 7) is 1.76. The Hall–Kier alpha value is -2.41. The molecule has 1 saturated carbocycles. The predicted molar refractivity (Wildman–Crippen MR) is 71.7 cm³/mol. The van der Waals surface area contributed by atoms with E-state index >= 15 is 0 Å². The van der Waals surface area contributed by atoms with Crippen molar-refractivity contribution in [1.82, 2.24) is 9.97 Å². The summed E-state index contributed by atoms with van der Waals surface area (Å²) >= 11 is 0. The van der Waals surface area contributed by atoms with Crippen molar-refractivity contribution in [2.45, 2.75) is 25.7 Å². The van der Waals surface area contributed by atoms with Gasteiger partial charge < -0.3 is 4.98 Å². The topological polar surface area (TPSA) is 69.5 Å². The highest BCUT2D eigenvalue weighted by Gasteiger charge is 2.27. The van der Waals surface area contributed by atoms with E-state index in [2.05, 4.69) is 16.0 Å². The average Bonchev–Trinajstić information content (AvgIpc) is 3.26. The molecule has 0 atom stereocenters. The molecule has 3 rings (SSSR count). The SMILES string of the molecule is Cc1c(-c2cccc(C#N)c2)nc(C2CC2)[nH]c1=O. The van der Waals surface area contributed by atoms with Crippen molar-refractivity contribution in [3.05, 3.63) is 51.6 Å². The standard InChI is InChI=1S/C15H13N3O/c1-9-13(12-4-2-3-10(7-12)8-16)17-14(11-5-6-11)18-15(9)19/h2-4,7,11H,5-6H2,1H3,(H,17,18,19). The molecule has 1 aliphatic carbocycles. The van der Waals surface area contributed by atoms with Crippen LogP contribution in [0.2, 0.25) is 0 Å². The lowest BCUT2D eigenvalue weighted by atomic mass is 10.1. The highest BCUT2D eigenvalue weighted by Crippen LogP contribution is 2.38. The van der Waals surface area contributed by atoms with Crippen LogP contribution in [0.15, 0.2) is 29.1 Å². The van der Waals surface area contributed by atoms with Gasteiger partial charge in [0.2, 0.25) is 0 Å². The lowest BCUT2D eigenvalue weighted by molar-refractivity contribution is 0.900. The third-order valence-corrected chi connectivity index (χ3v) is 3.40. The first-order valence-corrected chi connectivity index (χ1v) is 6.30. The van der Waals surface area contributed by atoms with Crippen molar-refractivity contribution in [2.75, 3.05) is 0 Å². The molecule has 0 unspecified atom stereocenters. The number of H-pyrrole nitrogens is 1. The summed E-state index contributed by atoms with van der Waals surface area (Å²) in [5, 5.41) is 8.95. The van der Waals surface area contributed by atoms with E-state index in [-0.39, 0.29) is 5.56 Å². The number of nitrogens with one attached hydrogen (secondary N) is 1. The van der Waals surface area contributed by atoms with E-state index in [0.717, 1.165) is 24.2 Å². The monoisotopic (exact) mass is 251 g/mol. The average molecular weight is 251 g/mol. The van der Waals surface area contributed by atoms with Gasteiger partial charge in [-0.25, -0.2) is 4.98 Å². The number of aromatic amines is 1. The summed E-state index contributed by atoms with van der Waals surface area (Å²) in [5.74, 6) is 1.17. The minimum Gasteiger partial charge on any atom is -0.310 e. The highest BCUT2D eigenvalue weighted by molar-refractivity contribution is 5.64. The Kier molecular flexibility index (Phi) is 2.68.